The van der Waals surface area contributed by atoms with Gasteiger partial charge in [0, 0.05) is 25.1 Å². The van der Waals surface area contributed by atoms with Crippen molar-refractivity contribution < 1.29 is 0 Å². The van der Waals surface area contributed by atoms with E-state index in [0.29, 0.717) is 5.56 Å². The standard InChI is InChI=1S/C21H27N5/c22-16-17-8-2-3-10-20(17)26-21-18(9-4-5-12-23-21)19(24-26)11-15-25-13-6-1-7-14-25/h2-3,8,10,23H,1,4-7,9,11-15H2. The van der Waals surface area contributed by atoms with Gasteiger partial charge in [0.05, 0.1) is 16.9 Å². The van der Waals surface area contributed by atoms with Gasteiger partial charge in [-0.2, -0.15) is 10.4 Å². The molecule has 2 aromatic rings. The lowest BCUT2D eigenvalue weighted by atomic mass is 10.1. The van der Waals surface area contributed by atoms with Crippen LogP contribution in [0.25, 0.3) is 5.69 Å². The predicted molar refractivity (Wildman–Crippen MR) is 104 cm³/mol. The lowest BCUT2D eigenvalue weighted by Crippen LogP contribution is -2.31. The Balaban J connectivity index is 1.66. The summed E-state index contributed by atoms with van der Waals surface area (Å²) in [4.78, 5) is 2.57. The Kier molecular flexibility index (Phi) is 5.21. The van der Waals surface area contributed by atoms with Gasteiger partial charge in [-0.3, -0.25) is 0 Å². The van der Waals surface area contributed by atoms with Gasteiger partial charge in [-0.15, -0.1) is 0 Å². The van der Waals surface area contributed by atoms with Crippen LogP contribution in [-0.2, 0) is 12.8 Å². The quantitative estimate of drug-likeness (QED) is 0.917. The molecule has 1 N–H and O–H groups in total. The Morgan fingerprint density at radius 2 is 1.92 bits per heavy atom. The van der Waals surface area contributed by atoms with Crippen molar-refractivity contribution in [2.45, 2.75) is 44.9 Å². The van der Waals surface area contributed by atoms with Gasteiger partial charge in [-0.25, -0.2) is 4.68 Å². The summed E-state index contributed by atoms with van der Waals surface area (Å²) in [6.07, 6.45) is 8.46. The molecule has 0 atom stereocenters. The molecular formula is C21H27N5. The average molecular weight is 349 g/mol. The molecular weight excluding hydrogens is 322 g/mol. The highest BCUT2D eigenvalue weighted by atomic mass is 15.3. The van der Waals surface area contributed by atoms with Crippen molar-refractivity contribution in [2.24, 2.45) is 0 Å². The first kappa shape index (κ1) is 17.1. The highest BCUT2D eigenvalue weighted by Crippen LogP contribution is 2.29. The van der Waals surface area contributed by atoms with Gasteiger partial charge in [0.15, 0.2) is 0 Å². The molecule has 0 spiro atoms. The third kappa shape index (κ3) is 3.47. The number of para-hydroxylation sites is 1. The van der Waals surface area contributed by atoms with E-state index in [1.807, 2.05) is 28.9 Å². The third-order valence-corrected chi connectivity index (χ3v) is 5.58. The molecule has 0 saturated carbocycles. The van der Waals surface area contributed by atoms with Crippen molar-refractivity contribution in [1.29, 1.82) is 5.26 Å². The van der Waals surface area contributed by atoms with Crippen molar-refractivity contribution in [2.75, 3.05) is 31.5 Å². The zero-order valence-corrected chi connectivity index (χ0v) is 15.4. The van der Waals surface area contributed by atoms with Gasteiger partial charge in [0.1, 0.15) is 11.9 Å². The summed E-state index contributed by atoms with van der Waals surface area (Å²) in [7, 11) is 0. The molecule has 2 aliphatic rings. The van der Waals surface area contributed by atoms with Gasteiger partial charge >= 0.3 is 0 Å². The second kappa shape index (κ2) is 7.92. The molecule has 2 aliphatic heterocycles. The summed E-state index contributed by atoms with van der Waals surface area (Å²) in [5.41, 5.74) is 4.11. The van der Waals surface area contributed by atoms with Crippen LogP contribution in [0, 0.1) is 11.3 Å². The fraction of sp³-hybridized carbons (Fsp3) is 0.524. The first-order valence-electron chi connectivity index (χ1n) is 9.93. The van der Waals surface area contributed by atoms with E-state index in [0.717, 1.165) is 37.4 Å². The lowest BCUT2D eigenvalue weighted by Gasteiger charge is -2.26. The molecule has 1 aromatic heterocycles. The lowest BCUT2D eigenvalue weighted by molar-refractivity contribution is 0.230. The number of rotatable bonds is 4. The van der Waals surface area contributed by atoms with Crippen molar-refractivity contribution in [3.63, 3.8) is 0 Å². The van der Waals surface area contributed by atoms with E-state index < -0.39 is 0 Å². The fourth-order valence-electron chi connectivity index (χ4n) is 4.15. The van der Waals surface area contributed by atoms with E-state index in [1.165, 1.54) is 56.5 Å². The Hall–Kier alpha value is -2.32. The molecule has 0 amide bonds. The minimum absolute atomic E-state index is 0.673. The number of hydrogen-bond acceptors (Lipinski definition) is 4. The second-order valence-electron chi connectivity index (χ2n) is 7.35. The molecule has 5 heteroatoms. The van der Waals surface area contributed by atoms with Crippen LogP contribution >= 0.6 is 0 Å². The zero-order valence-electron chi connectivity index (χ0n) is 15.4. The van der Waals surface area contributed by atoms with E-state index in [9.17, 15) is 5.26 Å². The SMILES string of the molecule is N#Cc1ccccc1-n1nc(CCN2CCCCC2)c2c1NCCCC2. The smallest absolute Gasteiger partial charge is 0.133 e. The van der Waals surface area contributed by atoms with E-state index in [1.54, 1.807) is 0 Å². The molecule has 5 nitrogen and oxygen atoms in total. The largest absolute Gasteiger partial charge is 0.370 e. The first-order chi connectivity index (χ1) is 12.9. The van der Waals surface area contributed by atoms with Gasteiger partial charge in [-0.05, 0) is 57.3 Å². The van der Waals surface area contributed by atoms with E-state index in [-0.39, 0.29) is 0 Å². The topological polar surface area (TPSA) is 56.9 Å². The van der Waals surface area contributed by atoms with E-state index in [2.05, 4.69) is 16.3 Å². The number of nitrogens with one attached hydrogen (secondary N) is 1. The maximum atomic E-state index is 9.50. The molecule has 1 fully saturated rings. The van der Waals surface area contributed by atoms with Crippen LogP contribution in [0.5, 0.6) is 0 Å². The van der Waals surface area contributed by atoms with Crippen molar-refractivity contribution in [1.82, 2.24) is 14.7 Å². The zero-order chi connectivity index (χ0) is 17.8. The summed E-state index contributed by atoms with van der Waals surface area (Å²) in [6, 6.07) is 10.1. The molecule has 0 unspecified atom stereocenters. The molecule has 0 radical (unpaired) electrons. The van der Waals surface area contributed by atoms with Gasteiger partial charge < -0.3 is 10.2 Å². The van der Waals surface area contributed by atoms with E-state index >= 15 is 0 Å². The van der Waals surface area contributed by atoms with Crippen LogP contribution in [-0.4, -0.2) is 40.9 Å². The van der Waals surface area contributed by atoms with Gasteiger partial charge in [0.25, 0.3) is 0 Å². The minimum atomic E-state index is 0.673. The number of anilines is 1. The van der Waals surface area contributed by atoms with Crippen LogP contribution in [0.4, 0.5) is 5.82 Å². The molecule has 3 heterocycles. The van der Waals surface area contributed by atoms with E-state index in [4.69, 9.17) is 5.10 Å². The van der Waals surface area contributed by atoms with Crippen LogP contribution in [0.2, 0.25) is 0 Å². The maximum absolute atomic E-state index is 9.50. The molecule has 136 valence electrons. The maximum Gasteiger partial charge on any atom is 0.133 e. The average Bonchev–Trinajstić information content (AvgIpc) is 2.87. The molecule has 1 aromatic carbocycles. The number of nitrogens with zero attached hydrogens (tertiary/aromatic N) is 4. The molecule has 1 saturated heterocycles. The summed E-state index contributed by atoms with van der Waals surface area (Å²) in [5.74, 6) is 1.10. The van der Waals surface area contributed by atoms with Crippen LogP contribution in [0.1, 0.15) is 48.9 Å². The first-order valence-corrected chi connectivity index (χ1v) is 9.93. The van der Waals surface area contributed by atoms with Crippen molar-refractivity contribution in [3.8, 4) is 11.8 Å². The highest BCUT2D eigenvalue weighted by Gasteiger charge is 2.22. The number of benzene rings is 1. The van der Waals surface area contributed by atoms with Gasteiger partial charge in [-0.1, -0.05) is 18.6 Å². The number of aromatic nitrogens is 2. The second-order valence-corrected chi connectivity index (χ2v) is 7.35. The van der Waals surface area contributed by atoms with Crippen molar-refractivity contribution in [3.05, 3.63) is 41.1 Å². The van der Waals surface area contributed by atoms with Crippen LogP contribution in [0.3, 0.4) is 0 Å². The van der Waals surface area contributed by atoms with Gasteiger partial charge in [0.2, 0.25) is 0 Å². The Bertz CT molecular complexity index is 795. The summed E-state index contributed by atoms with van der Waals surface area (Å²) in [5, 5.41) is 18.1. The number of fused-ring (bicyclic) bond motifs is 1. The summed E-state index contributed by atoms with van der Waals surface area (Å²) in [6.45, 7) is 4.50. The number of hydrogen-bond donors (Lipinski definition) is 1. The molecule has 26 heavy (non-hydrogen) atoms. The predicted octanol–water partition coefficient (Wildman–Crippen LogP) is 3.52. The molecule has 4 rings (SSSR count). The molecule has 0 bridgehead atoms. The minimum Gasteiger partial charge on any atom is -0.370 e. The monoisotopic (exact) mass is 349 g/mol. The third-order valence-electron chi connectivity index (χ3n) is 5.58. The Morgan fingerprint density at radius 1 is 1.08 bits per heavy atom. The van der Waals surface area contributed by atoms with Crippen LogP contribution in [0.15, 0.2) is 24.3 Å². The molecule has 0 aliphatic carbocycles. The summed E-state index contributed by atoms with van der Waals surface area (Å²) < 4.78 is 1.98. The highest BCUT2D eigenvalue weighted by molar-refractivity contribution is 5.58. The number of nitriles is 1. The van der Waals surface area contributed by atoms with Crippen molar-refractivity contribution >= 4 is 5.82 Å². The van der Waals surface area contributed by atoms with Crippen LogP contribution < -0.4 is 5.32 Å². The fourth-order valence-corrected chi connectivity index (χ4v) is 4.15. The summed E-state index contributed by atoms with van der Waals surface area (Å²) >= 11 is 0. The number of piperidine rings is 1. The Labute approximate surface area is 155 Å². The number of likely N-dealkylation sites (tertiary alicyclic amines) is 1. The Morgan fingerprint density at radius 3 is 2.77 bits per heavy atom. The normalized spacial score (nSPS) is 17.8.